The lowest BCUT2D eigenvalue weighted by molar-refractivity contribution is 0.243. The Balaban J connectivity index is 2.78. The minimum atomic E-state index is -3.83. The maximum atomic E-state index is 11.6. The molecule has 2 amide bonds. The molecule has 1 heterocycles. The molecule has 6 nitrogen and oxygen atoms in total. The van der Waals surface area contributed by atoms with Crippen LogP contribution in [0.3, 0.4) is 0 Å². The molecular weight excluding hydrogens is 230 g/mol. The first-order chi connectivity index (χ1) is 7.42. The highest BCUT2D eigenvalue weighted by Gasteiger charge is 2.17. The average Bonchev–Trinajstić information content (AvgIpc) is 2.16. The molecule has 0 spiro atoms. The minimum absolute atomic E-state index is 0.0473. The molecule has 1 aromatic rings. The Morgan fingerprint density at radius 3 is 2.62 bits per heavy atom. The summed E-state index contributed by atoms with van der Waals surface area (Å²) in [5, 5.41) is 2.42. The van der Waals surface area contributed by atoms with Crippen LogP contribution in [0, 0.1) is 0 Å². The quantitative estimate of drug-likeness (QED) is 0.808. The number of carbonyl (C=O) groups excluding carboxylic acids is 1. The van der Waals surface area contributed by atoms with Gasteiger partial charge in [0.25, 0.3) is 10.0 Å². The SMILES string of the molecule is CC(C)NC(=O)NS(=O)(=O)c1cccnc1. The van der Waals surface area contributed by atoms with Crippen molar-refractivity contribution in [2.45, 2.75) is 24.8 Å². The van der Waals surface area contributed by atoms with Crippen LogP contribution in [0.15, 0.2) is 29.4 Å². The Bertz CT molecular complexity index is 456. The van der Waals surface area contributed by atoms with Gasteiger partial charge >= 0.3 is 6.03 Å². The van der Waals surface area contributed by atoms with Gasteiger partial charge in [0.2, 0.25) is 0 Å². The summed E-state index contributed by atoms with van der Waals surface area (Å²) in [6.45, 7) is 3.46. The average molecular weight is 243 g/mol. The zero-order chi connectivity index (χ0) is 12.2. The second-order valence-corrected chi connectivity index (χ2v) is 5.10. The Kier molecular flexibility index (Phi) is 3.83. The highest BCUT2D eigenvalue weighted by molar-refractivity contribution is 7.90. The fraction of sp³-hybridized carbons (Fsp3) is 0.333. The van der Waals surface area contributed by atoms with Crippen LogP contribution < -0.4 is 10.0 Å². The number of hydrogen-bond donors (Lipinski definition) is 2. The third-order valence-corrected chi connectivity index (χ3v) is 2.91. The van der Waals surface area contributed by atoms with Crippen LogP contribution in [0.1, 0.15) is 13.8 Å². The Hall–Kier alpha value is -1.63. The number of carbonyl (C=O) groups is 1. The van der Waals surface area contributed by atoms with Gasteiger partial charge in [-0.3, -0.25) is 4.98 Å². The van der Waals surface area contributed by atoms with E-state index in [9.17, 15) is 13.2 Å². The van der Waals surface area contributed by atoms with E-state index in [1.165, 1.54) is 24.5 Å². The summed E-state index contributed by atoms with van der Waals surface area (Å²) in [7, 11) is -3.83. The smallest absolute Gasteiger partial charge is 0.328 e. The third kappa shape index (κ3) is 3.50. The van der Waals surface area contributed by atoms with Gasteiger partial charge in [-0.25, -0.2) is 17.9 Å². The van der Waals surface area contributed by atoms with Gasteiger partial charge in [-0.2, -0.15) is 0 Å². The monoisotopic (exact) mass is 243 g/mol. The molecule has 0 aliphatic rings. The predicted octanol–water partition coefficient (Wildman–Crippen LogP) is 0.478. The van der Waals surface area contributed by atoms with Crippen molar-refractivity contribution in [3.63, 3.8) is 0 Å². The molecule has 1 aromatic heterocycles. The third-order valence-electron chi connectivity index (χ3n) is 1.59. The van der Waals surface area contributed by atoms with Crippen LogP contribution in [-0.4, -0.2) is 25.5 Å². The maximum absolute atomic E-state index is 11.6. The van der Waals surface area contributed by atoms with Crippen LogP contribution in [0.2, 0.25) is 0 Å². The normalized spacial score (nSPS) is 11.2. The van der Waals surface area contributed by atoms with Crippen molar-refractivity contribution in [3.05, 3.63) is 24.5 Å². The van der Waals surface area contributed by atoms with E-state index in [0.29, 0.717) is 0 Å². The molecule has 0 saturated carbocycles. The summed E-state index contributed by atoms with van der Waals surface area (Å²) in [4.78, 5) is 14.8. The molecule has 0 atom stereocenters. The lowest BCUT2D eigenvalue weighted by Gasteiger charge is -2.10. The molecule has 0 saturated heterocycles. The Labute approximate surface area is 94.1 Å². The minimum Gasteiger partial charge on any atom is -0.335 e. The number of aromatic nitrogens is 1. The fourth-order valence-corrected chi connectivity index (χ4v) is 1.86. The predicted molar refractivity (Wildman–Crippen MR) is 58.2 cm³/mol. The summed E-state index contributed by atoms with van der Waals surface area (Å²) in [5.41, 5.74) is 0. The van der Waals surface area contributed by atoms with Crippen LogP contribution in [-0.2, 0) is 10.0 Å². The van der Waals surface area contributed by atoms with Crippen molar-refractivity contribution in [2.24, 2.45) is 0 Å². The summed E-state index contributed by atoms with van der Waals surface area (Å²) in [6, 6.07) is 1.95. The lowest BCUT2D eigenvalue weighted by Crippen LogP contribution is -2.42. The van der Waals surface area contributed by atoms with E-state index < -0.39 is 16.1 Å². The molecule has 7 heteroatoms. The van der Waals surface area contributed by atoms with Crippen LogP contribution in [0.4, 0.5) is 4.79 Å². The van der Waals surface area contributed by atoms with Gasteiger partial charge < -0.3 is 5.32 Å². The number of sulfonamides is 1. The van der Waals surface area contributed by atoms with Gasteiger partial charge in [0, 0.05) is 18.4 Å². The van der Waals surface area contributed by atoms with Crippen molar-refractivity contribution in [1.29, 1.82) is 0 Å². The number of amides is 2. The number of nitrogens with one attached hydrogen (secondary N) is 2. The summed E-state index contributed by atoms with van der Waals surface area (Å²) in [6.07, 6.45) is 2.62. The van der Waals surface area contributed by atoms with Crippen LogP contribution >= 0.6 is 0 Å². The summed E-state index contributed by atoms with van der Waals surface area (Å²) >= 11 is 0. The molecular formula is C9H13N3O3S. The zero-order valence-electron chi connectivity index (χ0n) is 8.97. The van der Waals surface area contributed by atoms with E-state index >= 15 is 0 Å². The van der Waals surface area contributed by atoms with Gasteiger partial charge in [0.05, 0.1) is 0 Å². The first kappa shape index (κ1) is 12.4. The standard InChI is InChI=1S/C9H13N3O3S/c1-7(2)11-9(13)12-16(14,15)8-4-3-5-10-6-8/h3-7H,1-2H3,(H2,11,12,13). The second-order valence-electron chi connectivity index (χ2n) is 3.42. The molecule has 16 heavy (non-hydrogen) atoms. The van der Waals surface area contributed by atoms with Gasteiger partial charge in [-0.1, -0.05) is 0 Å². The zero-order valence-corrected chi connectivity index (χ0v) is 9.78. The van der Waals surface area contributed by atoms with Crippen molar-refractivity contribution in [2.75, 3.05) is 0 Å². The van der Waals surface area contributed by atoms with Gasteiger partial charge in [-0.05, 0) is 26.0 Å². The van der Waals surface area contributed by atoms with Crippen LogP contribution in [0.5, 0.6) is 0 Å². The molecule has 0 bridgehead atoms. The topological polar surface area (TPSA) is 88.2 Å². The second kappa shape index (κ2) is 4.93. The fourth-order valence-electron chi connectivity index (χ4n) is 0.979. The summed E-state index contributed by atoms with van der Waals surface area (Å²) in [5.74, 6) is 0. The van der Waals surface area contributed by atoms with E-state index in [0.717, 1.165) is 0 Å². The highest BCUT2D eigenvalue weighted by atomic mass is 32.2. The van der Waals surface area contributed by atoms with Gasteiger partial charge in [0.1, 0.15) is 4.90 Å². The van der Waals surface area contributed by atoms with E-state index in [2.05, 4.69) is 10.3 Å². The summed E-state index contributed by atoms with van der Waals surface area (Å²) < 4.78 is 25.1. The molecule has 1 rings (SSSR count). The van der Waals surface area contributed by atoms with E-state index in [1.54, 1.807) is 13.8 Å². The molecule has 0 aliphatic heterocycles. The van der Waals surface area contributed by atoms with Crippen molar-refractivity contribution in [3.8, 4) is 0 Å². The Morgan fingerprint density at radius 1 is 1.44 bits per heavy atom. The largest absolute Gasteiger partial charge is 0.335 e. The molecule has 88 valence electrons. The van der Waals surface area contributed by atoms with Crippen molar-refractivity contribution in [1.82, 2.24) is 15.0 Å². The van der Waals surface area contributed by atoms with E-state index in [4.69, 9.17) is 0 Å². The number of rotatable bonds is 3. The first-order valence-corrected chi connectivity index (χ1v) is 6.13. The molecule has 0 fully saturated rings. The first-order valence-electron chi connectivity index (χ1n) is 4.65. The van der Waals surface area contributed by atoms with Gasteiger partial charge in [-0.15, -0.1) is 0 Å². The number of urea groups is 1. The Morgan fingerprint density at radius 2 is 2.12 bits per heavy atom. The van der Waals surface area contributed by atoms with Gasteiger partial charge in [0.15, 0.2) is 0 Å². The molecule has 0 radical (unpaired) electrons. The molecule has 0 unspecified atom stereocenters. The number of hydrogen-bond acceptors (Lipinski definition) is 4. The molecule has 0 aliphatic carbocycles. The maximum Gasteiger partial charge on any atom is 0.328 e. The highest BCUT2D eigenvalue weighted by Crippen LogP contribution is 2.04. The number of pyridine rings is 1. The lowest BCUT2D eigenvalue weighted by atomic mass is 10.4. The van der Waals surface area contributed by atoms with E-state index in [-0.39, 0.29) is 10.9 Å². The van der Waals surface area contributed by atoms with E-state index in [1.807, 2.05) is 4.72 Å². The molecule has 0 aromatic carbocycles. The molecule has 2 N–H and O–H groups in total. The van der Waals surface area contributed by atoms with Crippen molar-refractivity contribution < 1.29 is 13.2 Å². The van der Waals surface area contributed by atoms with Crippen molar-refractivity contribution >= 4 is 16.1 Å². The van der Waals surface area contributed by atoms with Crippen LogP contribution in [0.25, 0.3) is 0 Å². The number of nitrogens with zero attached hydrogens (tertiary/aromatic N) is 1.